The average molecular weight is 388 g/mol. The summed E-state index contributed by atoms with van der Waals surface area (Å²) in [5.41, 5.74) is 4.28. The predicted molar refractivity (Wildman–Crippen MR) is 111 cm³/mol. The van der Waals surface area contributed by atoms with Gasteiger partial charge in [-0.2, -0.15) is 0 Å². The number of pyridine rings is 1. The third-order valence-corrected chi connectivity index (χ3v) is 5.90. The van der Waals surface area contributed by atoms with Gasteiger partial charge in [-0.3, -0.25) is 9.55 Å². The average Bonchev–Trinajstić information content (AvgIpc) is 3.12. The van der Waals surface area contributed by atoms with Crippen molar-refractivity contribution in [3.63, 3.8) is 0 Å². The van der Waals surface area contributed by atoms with Crippen LogP contribution in [0.5, 0.6) is 0 Å². The number of imidazole rings is 1. The number of nitrogens with one attached hydrogen (secondary N) is 1. The zero-order valence-corrected chi connectivity index (χ0v) is 16.5. The lowest BCUT2D eigenvalue weighted by atomic mass is 9.95. The lowest BCUT2D eigenvalue weighted by molar-refractivity contribution is -0.146. The molecule has 5 rings (SSSR count). The maximum absolute atomic E-state index is 13.4. The number of anilines is 1. The predicted octanol–water partition coefficient (Wildman–Crippen LogP) is 4.60. The molecule has 1 N–H and O–H groups in total. The number of allylic oxidation sites excluding steroid dienone is 1. The van der Waals surface area contributed by atoms with E-state index in [0.29, 0.717) is 5.57 Å². The molecule has 1 aromatic carbocycles. The van der Waals surface area contributed by atoms with Crippen LogP contribution < -0.4 is 5.32 Å². The van der Waals surface area contributed by atoms with Crippen LogP contribution in [-0.2, 0) is 9.53 Å². The number of hydrogen-bond donors (Lipinski definition) is 1. The number of rotatable bonds is 3. The van der Waals surface area contributed by atoms with Gasteiger partial charge < -0.3 is 10.1 Å². The number of carbonyl (C=O) groups excluding carboxylic acids is 1. The highest BCUT2D eigenvalue weighted by molar-refractivity contribution is 5.94. The topological polar surface area (TPSA) is 69.0 Å². The first-order valence-corrected chi connectivity index (χ1v) is 10.3. The van der Waals surface area contributed by atoms with E-state index in [1.165, 1.54) is 6.42 Å². The summed E-state index contributed by atoms with van der Waals surface area (Å²) in [6, 6.07) is 11.6. The van der Waals surface area contributed by atoms with Gasteiger partial charge in [0.15, 0.2) is 0 Å². The molecule has 0 spiro atoms. The smallest absolute Gasteiger partial charge is 0.338 e. The molecular formula is C23H24N4O2. The quantitative estimate of drug-likeness (QED) is 0.664. The van der Waals surface area contributed by atoms with Crippen molar-refractivity contribution in [3.8, 4) is 0 Å². The number of esters is 1. The van der Waals surface area contributed by atoms with Gasteiger partial charge in [-0.1, -0.05) is 18.6 Å². The summed E-state index contributed by atoms with van der Waals surface area (Å²) in [5.74, 6) is 0.492. The molecule has 1 fully saturated rings. The van der Waals surface area contributed by atoms with Crippen molar-refractivity contribution < 1.29 is 9.53 Å². The summed E-state index contributed by atoms with van der Waals surface area (Å²) in [5, 5.41) is 3.33. The molecule has 1 aliphatic heterocycles. The van der Waals surface area contributed by atoms with Crippen LogP contribution in [0.25, 0.3) is 11.0 Å². The van der Waals surface area contributed by atoms with Gasteiger partial charge in [0.2, 0.25) is 5.95 Å². The standard InChI is InChI=1S/C23H24N4O2/c1-15-20(22(28)29-17-7-3-2-4-8-17)21(16-11-13-24-14-12-16)27-19-10-6-5-9-18(19)26-23(27)25-15/h5-6,9-14,17,21H,2-4,7-8H2,1H3,(H,25,26)/t21-/m1/s1. The van der Waals surface area contributed by atoms with Crippen molar-refractivity contribution in [3.05, 3.63) is 65.6 Å². The summed E-state index contributed by atoms with van der Waals surface area (Å²) in [7, 11) is 0. The van der Waals surface area contributed by atoms with Crippen LogP contribution >= 0.6 is 0 Å². The van der Waals surface area contributed by atoms with Crippen LogP contribution in [0, 0.1) is 0 Å². The number of aromatic nitrogens is 3. The molecule has 1 saturated carbocycles. The number of hydrogen-bond acceptors (Lipinski definition) is 5. The second-order valence-electron chi connectivity index (χ2n) is 7.81. The molecule has 6 heteroatoms. The van der Waals surface area contributed by atoms with Crippen LogP contribution in [-0.4, -0.2) is 26.6 Å². The highest BCUT2D eigenvalue weighted by atomic mass is 16.5. The molecule has 2 aliphatic rings. The monoisotopic (exact) mass is 388 g/mol. The van der Waals surface area contributed by atoms with Crippen molar-refractivity contribution in [2.24, 2.45) is 0 Å². The van der Waals surface area contributed by atoms with Crippen molar-refractivity contribution in [2.45, 2.75) is 51.2 Å². The maximum atomic E-state index is 13.4. The highest BCUT2D eigenvalue weighted by Crippen LogP contribution is 2.39. The van der Waals surface area contributed by atoms with Crippen LogP contribution in [0.4, 0.5) is 5.95 Å². The number of nitrogens with zero attached hydrogens (tertiary/aromatic N) is 3. The van der Waals surface area contributed by atoms with Crippen LogP contribution in [0.15, 0.2) is 60.1 Å². The van der Waals surface area contributed by atoms with E-state index in [1.807, 2.05) is 43.3 Å². The van der Waals surface area contributed by atoms with Crippen LogP contribution in [0.1, 0.15) is 50.6 Å². The Hall–Kier alpha value is -3.15. The molecule has 0 amide bonds. The summed E-state index contributed by atoms with van der Waals surface area (Å²) >= 11 is 0. The lowest BCUT2D eigenvalue weighted by Gasteiger charge is -2.31. The summed E-state index contributed by atoms with van der Waals surface area (Å²) in [6.07, 6.45) is 8.90. The largest absolute Gasteiger partial charge is 0.459 e. The molecule has 0 unspecified atom stereocenters. The zero-order chi connectivity index (χ0) is 19.8. The van der Waals surface area contributed by atoms with Gasteiger partial charge in [-0.15, -0.1) is 0 Å². The number of carbonyl (C=O) groups is 1. The molecule has 148 valence electrons. The molecule has 3 heterocycles. The normalized spacial score (nSPS) is 19.7. The molecule has 0 radical (unpaired) electrons. The van der Waals surface area contributed by atoms with E-state index in [-0.39, 0.29) is 18.1 Å². The minimum Gasteiger partial charge on any atom is -0.459 e. The Morgan fingerprint density at radius 1 is 1.10 bits per heavy atom. The molecule has 1 aliphatic carbocycles. The fourth-order valence-corrected chi connectivity index (χ4v) is 4.49. The minimum atomic E-state index is -0.308. The molecule has 2 aromatic heterocycles. The Morgan fingerprint density at radius 2 is 1.86 bits per heavy atom. The van der Waals surface area contributed by atoms with Gasteiger partial charge in [0, 0.05) is 18.1 Å². The fourth-order valence-electron chi connectivity index (χ4n) is 4.49. The number of fused-ring (bicyclic) bond motifs is 3. The summed E-state index contributed by atoms with van der Waals surface area (Å²) in [6.45, 7) is 1.93. The van der Waals surface area contributed by atoms with Crippen LogP contribution in [0.2, 0.25) is 0 Å². The van der Waals surface area contributed by atoms with Gasteiger partial charge in [-0.25, -0.2) is 9.78 Å². The number of ether oxygens (including phenoxy) is 1. The first-order chi connectivity index (χ1) is 14.2. The van der Waals surface area contributed by atoms with Gasteiger partial charge in [0.1, 0.15) is 6.10 Å². The molecule has 0 saturated heterocycles. The van der Waals surface area contributed by atoms with Crippen molar-refractivity contribution in [1.82, 2.24) is 14.5 Å². The van der Waals surface area contributed by atoms with Crippen molar-refractivity contribution in [1.29, 1.82) is 0 Å². The van der Waals surface area contributed by atoms with E-state index in [2.05, 4.69) is 14.9 Å². The molecule has 1 atom stereocenters. The summed E-state index contributed by atoms with van der Waals surface area (Å²) in [4.78, 5) is 22.3. The number of para-hydroxylation sites is 2. The van der Waals surface area contributed by atoms with Gasteiger partial charge in [0.05, 0.1) is 22.6 Å². The third-order valence-electron chi connectivity index (χ3n) is 5.90. The van der Waals surface area contributed by atoms with E-state index in [0.717, 1.165) is 53.9 Å². The van der Waals surface area contributed by atoms with E-state index < -0.39 is 0 Å². The molecule has 0 bridgehead atoms. The second kappa shape index (κ2) is 7.35. The fraction of sp³-hybridized carbons (Fsp3) is 0.348. The van der Waals surface area contributed by atoms with E-state index in [4.69, 9.17) is 9.72 Å². The van der Waals surface area contributed by atoms with E-state index in [1.54, 1.807) is 12.4 Å². The minimum absolute atomic E-state index is 0.00979. The Balaban J connectivity index is 1.61. The number of benzene rings is 1. The molecular weight excluding hydrogens is 364 g/mol. The van der Waals surface area contributed by atoms with Crippen molar-refractivity contribution in [2.75, 3.05) is 5.32 Å². The van der Waals surface area contributed by atoms with Crippen LogP contribution in [0.3, 0.4) is 0 Å². The first kappa shape index (κ1) is 17.9. The Morgan fingerprint density at radius 3 is 2.66 bits per heavy atom. The van der Waals surface area contributed by atoms with Gasteiger partial charge in [0.25, 0.3) is 0 Å². The lowest BCUT2D eigenvalue weighted by Crippen LogP contribution is -2.31. The van der Waals surface area contributed by atoms with Gasteiger partial charge in [-0.05, 0) is 62.4 Å². The van der Waals surface area contributed by atoms with E-state index in [9.17, 15) is 4.79 Å². The Labute approximate surface area is 169 Å². The summed E-state index contributed by atoms with van der Waals surface area (Å²) < 4.78 is 8.06. The maximum Gasteiger partial charge on any atom is 0.338 e. The molecule has 29 heavy (non-hydrogen) atoms. The first-order valence-electron chi connectivity index (χ1n) is 10.3. The zero-order valence-electron chi connectivity index (χ0n) is 16.5. The Bertz CT molecular complexity index is 1080. The molecule has 3 aromatic rings. The van der Waals surface area contributed by atoms with E-state index >= 15 is 0 Å². The third kappa shape index (κ3) is 3.18. The highest BCUT2D eigenvalue weighted by Gasteiger charge is 2.35. The SMILES string of the molecule is CC1=C(C(=O)OC2CCCCC2)[C@@H](c2ccncc2)n2c(nc3ccccc32)N1. The Kier molecular flexibility index (Phi) is 4.54. The van der Waals surface area contributed by atoms with Crippen molar-refractivity contribution >= 4 is 23.0 Å². The second-order valence-corrected chi connectivity index (χ2v) is 7.81. The molecule has 6 nitrogen and oxygen atoms in total. The van der Waals surface area contributed by atoms with Gasteiger partial charge >= 0.3 is 5.97 Å².